The molecule has 0 saturated carbocycles. The highest BCUT2D eigenvalue weighted by Crippen LogP contribution is 2.30. The molecule has 0 aliphatic rings. The topological polar surface area (TPSA) is 64.8 Å². The van der Waals surface area contributed by atoms with Gasteiger partial charge in [-0.25, -0.2) is 26.3 Å². The second-order valence-corrected chi connectivity index (χ2v) is 7.68. The minimum atomic E-state index is -3.74. The highest BCUT2D eigenvalue weighted by Gasteiger charge is 2.21. The van der Waals surface area contributed by atoms with E-state index in [4.69, 9.17) is 0 Å². The van der Waals surface area contributed by atoms with Crippen LogP contribution in [0.2, 0.25) is 0 Å². The van der Waals surface area contributed by atoms with E-state index in [2.05, 4.69) is 10.1 Å². The molecule has 0 aliphatic heterocycles. The van der Waals surface area contributed by atoms with Crippen LogP contribution in [0.4, 0.5) is 13.2 Å². The number of nitrogens with zero attached hydrogens (tertiary/aromatic N) is 3. The van der Waals surface area contributed by atoms with Crippen molar-refractivity contribution in [2.75, 3.05) is 6.26 Å². The number of alkyl halides is 2. The number of hydrogen-bond acceptors (Lipinski definition) is 4. The number of rotatable bonds is 4. The first-order valence-corrected chi connectivity index (χ1v) is 9.37. The summed E-state index contributed by atoms with van der Waals surface area (Å²) in [6.07, 6.45) is -0.369. The molecule has 0 amide bonds. The maximum atomic E-state index is 14.2. The maximum Gasteiger partial charge on any atom is 0.282 e. The van der Waals surface area contributed by atoms with Crippen LogP contribution in [0.25, 0.3) is 16.9 Å². The third-order valence-electron chi connectivity index (χ3n) is 3.79. The molecule has 0 aliphatic carbocycles. The van der Waals surface area contributed by atoms with Crippen LogP contribution >= 0.6 is 0 Å². The molecule has 5 nitrogen and oxygen atoms in total. The van der Waals surface area contributed by atoms with Crippen LogP contribution in [-0.4, -0.2) is 29.4 Å². The molecule has 9 heteroatoms. The van der Waals surface area contributed by atoms with Crippen LogP contribution in [0.15, 0.2) is 47.5 Å². The van der Waals surface area contributed by atoms with Gasteiger partial charge in [-0.15, -0.1) is 0 Å². The summed E-state index contributed by atoms with van der Waals surface area (Å²) < 4.78 is 64.9. The largest absolute Gasteiger partial charge is 0.282 e. The van der Waals surface area contributed by atoms with Crippen LogP contribution in [0.1, 0.15) is 17.8 Å². The van der Waals surface area contributed by atoms with Gasteiger partial charge in [0.25, 0.3) is 6.43 Å². The Morgan fingerprint density at radius 3 is 2.46 bits per heavy atom. The van der Waals surface area contributed by atoms with E-state index in [-0.39, 0.29) is 11.3 Å². The molecule has 3 rings (SSSR count). The van der Waals surface area contributed by atoms with Gasteiger partial charge in [-0.3, -0.25) is 4.98 Å². The summed E-state index contributed by atoms with van der Waals surface area (Å²) >= 11 is 0. The second-order valence-electron chi connectivity index (χ2n) is 5.69. The molecule has 2 heterocycles. The first kappa shape index (κ1) is 18.1. The smallest absolute Gasteiger partial charge is 0.259 e. The third kappa shape index (κ3) is 3.34. The van der Waals surface area contributed by atoms with Gasteiger partial charge in [0, 0.05) is 18.0 Å². The Bertz CT molecular complexity index is 1080. The van der Waals surface area contributed by atoms with E-state index in [0.29, 0.717) is 11.4 Å². The normalized spacial score (nSPS) is 11.9. The van der Waals surface area contributed by atoms with Gasteiger partial charge in [0.15, 0.2) is 9.84 Å². The summed E-state index contributed by atoms with van der Waals surface area (Å²) in [6.45, 7) is 1.69. The van der Waals surface area contributed by atoms with Gasteiger partial charge >= 0.3 is 0 Å². The van der Waals surface area contributed by atoms with Crippen molar-refractivity contribution in [3.63, 3.8) is 0 Å². The van der Waals surface area contributed by atoms with Crippen molar-refractivity contribution >= 4 is 9.84 Å². The average Bonchev–Trinajstić information content (AvgIpc) is 2.99. The monoisotopic (exact) mass is 381 g/mol. The highest BCUT2D eigenvalue weighted by atomic mass is 32.2. The minimum absolute atomic E-state index is 0.204. The standard InChI is InChI=1S/C17H14F3N3O2S/c1-10-14(4-3-7-21-10)23-15(9-13(22-23)17(19)20)11-5-6-16(12(18)8-11)26(2,24)25/h3-9,17H,1-2H3. The first-order valence-electron chi connectivity index (χ1n) is 7.48. The Labute approximate surface area is 148 Å². The molecule has 0 saturated heterocycles. The molecule has 0 unspecified atom stereocenters. The van der Waals surface area contributed by atoms with Gasteiger partial charge in [0.1, 0.15) is 16.4 Å². The summed E-state index contributed by atoms with van der Waals surface area (Å²) in [5.74, 6) is -0.959. The maximum absolute atomic E-state index is 14.2. The van der Waals surface area contributed by atoms with E-state index in [0.717, 1.165) is 24.5 Å². The van der Waals surface area contributed by atoms with Crippen LogP contribution < -0.4 is 0 Å². The number of aryl methyl sites for hydroxylation is 1. The minimum Gasteiger partial charge on any atom is -0.259 e. The predicted molar refractivity (Wildman–Crippen MR) is 89.6 cm³/mol. The molecule has 0 fully saturated rings. The van der Waals surface area contributed by atoms with E-state index >= 15 is 0 Å². The lowest BCUT2D eigenvalue weighted by atomic mass is 10.1. The third-order valence-corrected chi connectivity index (χ3v) is 4.92. The van der Waals surface area contributed by atoms with E-state index in [9.17, 15) is 21.6 Å². The molecule has 3 aromatic rings. The summed E-state index contributed by atoms with van der Waals surface area (Å²) in [4.78, 5) is 3.65. The predicted octanol–water partition coefficient (Wildman–Crippen LogP) is 3.72. The molecule has 0 radical (unpaired) electrons. The molecule has 0 spiro atoms. The Kier molecular flexibility index (Phi) is 4.57. The van der Waals surface area contributed by atoms with Crippen LogP contribution in [0.5, 0.6) is 0 Å². The first-order chi connectivity index (χ1) is 12.2. The van der Waals surface area contributed by atoms with Gasteiger partial charge < -0.3 is 0 Å². The summed E-state index contributed by atoms with van der Waals surface area (Å²) in [6, 6.07) is 7.87. The van der Waals surface area contributed by atoms with Gasteiger partial charge in [-0.05, 0) is 37.3 Å². The van der Waals surface area contributed by atoms with Gasteiger partial charge in [0.05, 0.1) is 17.1 Å². The van der Waals surface area contributed by atoms with Crippen LogP contribution in [0, 0.1) is 12.7 Å². The summed E-state index contributed by atoms with van der Waals surface area (Å²) in [5, 5.41) is 3.90. The Morgan fingerprint density at radius 1 is 1.15 bits per heavy atom. The molecule has 0 atom stereocenters. The zero-order valence-corrected chi connectivity index (χ0v) is 14.6. The van der Waals surface area contributed by atoms with Crippen LogP contribution in [-0.2, 0) is 9.84 Å². The van der Waals surface area contributed by atoms with Crippen molar-refractivity contribution in [2.45, 2.75) is 18.2 Å². The molecule has 136 valence electrons. The zero-order valence-electron chi connectivity index (χ0n) is 13.8. The Balaban J connectivity index is 2.22. The lowest BCUT2D eigenvalue weighted by molar-refractivity contribution is 0.145. The fraction of sp³-hybridized carbons (Fsp3) is 0.176. The second kappa shape index (κ2) is 6.56. The molecule has 0 bridgehead atoms. The molecule has 2 aromatic heterocycles. The number of aromatic nitrogens is 3. The zero-order chi connectivity index (χ0) is 19.1. The van der Waals surface area contributed by atoms with Crippen molar-refractivity contribution in [2.24, 2.45) is 0 Å². The Morgan fingerprint density at radius 2 is 1.88 bits per heavy atom. The van der Waals surface area contributed by atoms with Gasteiger partial charge in [0.2, 0.25) is 0 Å². The quantitative estimate of drug-likeness (QED) is 0.691. The molecular formula is C17H14F3N3O2S. The number of halogens is 3. The molecular weight excluding hydrogens is 367 g/mol. The molecule has 1 aromatic carbocycles. The number of hydrogen-bond donors (Lipinski definition) is 0. The fourth-order valence-electron chi connectivity index (χ4n) is 2.56. The Hall–Kier alpha value is -2.68. The van der Waals surface area contributed by atoms with E-state index in [1.165, 1.54) is 10.7 Å². The summed E-state index contributed by atoms with van der Waals surface area (Å²) in [5.41, 5.74) is 0.955. The van der Waals surface area contributed by atoms with Crippen molar-refractivity contribution in [3.05, 3.63) is 59.8 Å². The average molecular weight is 381 g/mol. The van der Waals surface area contributed by atoms with Crippen molar-refractivity contribution in [1.82, 2.24) is 14.8 Å². The van der Waals surface area contributed by atoms with Crippen molar-refractivity contribution in [3.8, 4) is 16.9 Å². The van der Waals surface area contributed by atoms with E-state index in [1.807, 2.05) is 0 Å². The van der Waals surface area contributed by atoms with E-state index in [1.54, 1.807) is 25.3 Å². The van der Waals surface area contributed by atoms with E-state index < -0.39 is 32.7 Å². The SMILES string of the molecule is Cc1ncccc1-n1nc(C(F)F)cc1-c1ccc(S(C)(=O)=O)c(F)c1. The van der Waals surface area contributed by atoms with Gasteiger partial charge in [-0.1, -0.05) is 6.07 Å². The lowest BCUT2D eigenvalue weighted by Crippen LogP contribution is -2.04. The number of pyridine rings is 1. The lowest BCUT2D eigenvalue weighted by Gasteiger charge is -2.10. The number of benzene rings is 1. The molecule has 26 heavy (non-hydrogen) atoms. The molecule has 0 N–H and O–H groups in total. The van der Waals surface area contributed by atoms with Gasteiger partial charge in [-0.2, -0.15) is 5.10 Å². The van der Waals surface area contributed by atoms with Crippen molar-refractivity contribution in [1.29, 1.82) is 0 Å². The fourth-order valence-corrected chi connectivity index (χ4v) is 3.28. The van der Waals surface area contributed by atoms with Crippen molar-refractivity contribution < 1.29 is 21.6 Å². The summed E-state index contributed by atoms with van der Waals surface area (Å²) in [7, 11) is -3.74. The van der Waals surface area contributed by atoms with Crippen LogP contribution in [0.3, 0.4) is 0 Å². The highest BCUT2D eigenvalue weighted by molar-refractivity contribution is 7.90. The number of sulfone groups is 1.